The molecule has 0 amide bonds. The highest BCUT2D eigenvalue weighted by atomic mass is 16.1. The van der Waals surface area contributed by atoms with Gasteiger partial charge in [-0.1, -0.05) is 12.1 Å². The van der Waals surface area contributed by atoms with Gasteiger partial charge in [0.2, 0.25) is 0 Å². The minimum Gasteiger partial charge on any atom is -0.268 e. The largest absolute Gasteiger partial charge is 0.268 e. The van der Waals surface area contributed by atoms with E-state index in [1.807, 2.05) is 12.1 Å². The monoisotopic (exact) mass is 214 g/mol. The molecule has 1 heterocycles. The molecular weight excluding hydrogens is 200 g/mol. The van der Waals surface area contributed by atoms with Gasteiger partial charge in [-0.15, -0.1) is 0 Å². The SMILES string of the molecule is Cc1ccc(-c2cc(C)c(=O)[nH]n2)cc1C. The van der Waals surface area contributed by atoms with E-state index < -0.39 is 0 Å². The first-order valence-electron chi connectivity index (χ1n) is 5.22. The molecule has 0 atom stereocenters. The number of rotatable bonds is 1. The Labute approximate surface area is 94.2 Å². The van der Waals surface area contributed by atoms with Crippen LogP contribution in [-0.4, -0.2) is 10.2 Å². The van der Waals surface area contributed by atoms with Gasteiger partial charge in [-0.25, -0.2) is 5.10 Å². The number of nitrogens with one attached hydrogen (secondary N) is 1. The first kappa shape index (κ1) is 10.6. The molecule has 2 rings (SSSR count). The van der Waals surface area contributed by atoms with Crippen LogP contribution in [0.2, 0.25) is 0 Å². The second kappa shape index (κ2) is 3.93. The third kappa shape index (κ3) is 1.89. The van der Waals surface area contributed by atoms with Gasteiger partial charge < -0.3 is 0 Å². The molecule has 2 aromatic rings. The Hall–Kier alpha value is -1.90. The summed E-state index contributed by atoms with van der Waals surface area (Å²) >= 11 is 0. The van der Waals surface area contributed by atoms with E-state index >= 15 is 0 Å². The fraction of sp³-hybridized carbons (Fsp3) is 0.231. The first-order valence-corrected chi connectivity index (χ1v) is 5.22. The molecule has 0 saturated heterocycles. The average molecular weight is 214 g/mol. The molecule has 0 saturated carbocycles. The van der Waals surface area contributed by atoms with Crippen molar-refractivity contribution in [1.29, 1.82) is 0 Å². The molecule has 1 aromatic heterocycles. The normalized spacial score (nSPS) is 10.4. The van der Waals surface area contributed by atoms with E-state index in [1.165, 1.54) is 11.1 Å². The number of hydrogen-bond acceptors (Lipinski definition) is 2. The van der Waals surface area contributed by atoms with Gasteiger partial charge in [-0.05, 0) is 44.0 Å². The van der Waals surface area contributed by atoms with Crippen LogP contribution in [0.3, 0.4) is 0 Å². The van der Waals surface area contributed by atoms with E-state index in [9.17, 15) is 4.79 Å². The van der Waals surface area contributed by atoms with E-state index in [0.29, 0.717) is 5.56 Å². The smallest absolute Gasteiger partial charge is 0.267 e. The zero-order chi connectivity index (χ0) is 11.7. The van der Waals surface area contributed by atoms with Crippen LogP contribution in [0.15, 0.2) is 29.1 Å². The lowest BCUT2D eigenvalue weighted by atomic mass is 10.0. The summed E-state index contributed by atoms with van der Waals surface area (Å²) in [6, 6.07) is 7.97. The van der Waals surface area contributed by atoms with Crippen molar-refractivity contribution in [1.82, 2.24) is 10.2 Å². The summed E-state index contributed by atoms with van der Waals surface area (Å²) in [4.78, 5) is 11.2. The summed E-state index contributed by atoms with van der Waals surface area (Å²) in [6.07, 6.45) is 0. The first-order chi connectivity index (χ1) is 7.58. The van der Waals surface area contributed by atoms with Crippen molar-refractivity contribution in [2.45, 2.75) is 20.8 Å². The second-order valence-electron chi connectivity index (χ2n) is 4.06. The van der Waals surface area contributed by atoms with Crippen molar-refractivity contribution in [3.8, 4) is 11.3 Å². The average Bonchev–Trinajstić information content (AvgIpc) is 2.26. The van der Waals surface area contributed by atoms with Crippen LogP contribution in [0.1, 0.15) is 16.7 Å². The maximum absolute atomic E-state index is 11.2. The number of hydrogen-bond donors (Lipinski definition) is 1. The minimum atomic E-state index is -0.132. The number of H-pyrrole nitrogens is 1. The van der Waals surface area contributed by atoms with Gasteiger partial charge in [0.15, 0.2) is 0 Å². The van der Waals surface area contributed by atoms with Gasteiger partial charge in [-0.2, -0.15) is 5.10 Å². The Kier molecular flexibility index (Phi) is 2.60. The second-order valence-corrected chi connectivity index (χ2v) is 4.06. The molecule has 3 heteroatoms. The van der Waals surface area contributed by atoms with Crippen molar-refractivity contribution < 1.29 is 0 Å². The van der Waals surface area contributed by atoms with E-state index in [4.69, 9.17) is 0 Å². The van der Waals surface area contributed by atoms with Crippen molar-refractivity contribution in [3.05, 3.63) is 51.3 Å². The molecular formula is C13H14N2O. The summed E-state index contributed by atoms with van der Waals surface area (Å²) in [5.74, 6) is 0. The number of aromatic amines is 1. The number of nitrogens with zero attached hydrogens (tertiary/aromatic N) is 1. The van der Waals surface area contributed by atoms with Crippen LogP contribution in [0, 0.1) is 20.8 Å². The van der Waals surface area contributed by atoms with Crippen LogP contribution in [0.5, 0.6) is 0 Å². The molecule has 0 unspecified atom stereocenters. The summed E-state index contributed by atoms with van der Waals surface area (Å²) in [5, 5.41) is 6.54. The molecule has 82 valence electrons. The standard InChI is InChI=1S/C13H14N2O/c1-8-4-5-11(6-9(8)2)12-7-10(3)13(16)15-14-12/h4-7H,1-3H3,(H,15,16). The van der Waals surface area contributed by atoms with E-state index in [2.05, 4.69) is 36.2 Å². The predicted octanol–water partition coefficient (Wildman–Crippen LogP) is 2.36. The summed E-state index contributed by atoms with van der Waals surface area (Å²) in [5.41, 5.74) is 4.87. The van der Waals surface area contributed by atoms with E-state index in [-0.39, 0.29) is 5.56 Å². The van der Waals surface area contributed by atoms with E-state index in [0.717, 1.165) is 11.3 Å². The van der Waals surface area contributed by atoms with Gasteiger partial charge in [0, 0.05) is 11.1 Å². The van der Waals surface area contributed by atoms with Crippen LogP contribution in [0.25, 0.3) is 11.3 Å². The van der Waals surface area contributed by atoms with Gasteiger partial charge in [-0.3, -0.25) is 4.79 Å². The number of benzene rings is 1. The molecule has 1 aromatic carbocycles. The van der Waals surface area contributed by atoms with Crippen LogP contribution in [-0.2, 0) is 0 Å². The van der Waals surface area contributed by atoms with Crippen molar-refractivity contribution in [2.24, 2.45) is 0 Å². The third-order valence-electron chi connectivity index (χ3n) is 2.79. The Balaban J connectivity index is 2.54. The fourth-order valence-corrected chi connectivity index (χ4v) is 1.55. The fourth-order valence-electron chi connectivity index (χ4n) is 1.55. The van der Waals surface area contributed by atoms with Gasteiger partial charge in [0.1, 0.15) is 0 Å². The zero-order valence-electron chi connectivity index (χ0n) is 9.66. The molecule has 0 bridgehead atoms. The summed E-state index contributed by atoms with van der Waals surface area (Å²) < 4.78 is 0. The van der Waals surface area contributed by atoms with Crippen LogP contribution in [0.4, 0.5) is 0 Å². The lowest BCUT2D eigenvalue weighted by molar-refractivity contribution is 0.975. The lowest BCUT2D eigenvalue weighted by Gasteiger charge is -2.04. The topological polar surface area (TPSA) is 45.8 Å². The van der Waals surface area contributed by atoms with Crippen molar-refractivity contribution >= 4 is 0 Å². The summed E-state index contributed by atoms with van der Waals surface area (Å²) in [6.45, 7) is 5.92. The molecule has 3 nitrogen and oxygen atoms in total. The minimum absolute atomic E-state index is 0.132. The molecule has 0 spiro atoms. The van der Waals surface area contributed by atoms with Gasteiger partial charge >= 0.3 is 0 Å². The predicted molar refractivity (Wildman–Crippen MR) is 64.5 cm³/mol. The lowest BCUT2D eigenvalue weighted by Crippen LogP contribution is -2.11. The molecule has 1 N–H and O–H groups in total. The number of aryl methyl sites for hydroxylation is 3. The van der Waals surface area contributed by atoms with Crippen LogP contribution >= 0.6 is 0 Å². The Morgan fingerprint density at radius 2 is 1.75 bits per heavy atom. The number of aromatic nitrogens is 2. The maximum Gasteiger partial charge on any atom is 0.267 e. The highest BCUT2D eigenvalue weighted by Crippen LogP contribution is 2.19. The molecule has 0 radical (unpaired) electrons. The highest BCUT2D eigenvalue weighted by molar-refractivity contribution is 5.60. The van der Waals surface area contributed by atoms with Crippen molar-refractivity contribution in [3.63, 3.8) is 0 Å². The molecule has 0 aliphatic rings. The third-order valence-corrected chi connectivity index (χ3v) is 2.79. The van der Waals surface area contributed by atoms with Gasteiger partial charge in [0.05, 0.1) is 5.69 Å². The maximum atomic E-state index is 11.2. The quantitative estimate of drug-likeness (QED) is 0.792. The Morgan fingerprint density at radius 1 is 1.00 bits per heavy atom. The Morgan fingerprint density at radius 3 is 2.38 bits per heavy atom. The summed E-state index contributed by atoms with van der Waals surface area (Å²) in [7, 11) is 0. The van der Waals surface area contributed by atoms with Crippen LogP contribution < -0.4 is 5.56 Å². The van der Waals surface area contributed by atoms with E-state index in [1.54, 1.807) is 6.92 Å². The highest BCUT2D eigenvalue weighted by Gasteiger charge is 2.03. The molecule has 0 aliphatic heterocycles. The molecule has 0 aliphatic carbocycles. The molecule has 16 heavy (non-hydrogen) atoms. The molecule has 0 fully saturated rings. The van der Waals surface area contributed by atoms with Crippen molar-refractivity contribution in [2.75, 3.05) is 0 Å². The zero-order valence-corrected chi connectivity index (χ0v) is 9.66. The van der Waals surface area contributed by atoms with Gasteiger partial charge in [0.25, 0.3) is 5.56 Å². The Bertz CT molecular complexity index is 585.